The lowest BCUT2D eigenvalue weighted by molar-refractivity contribution is 0.0763. The Balaban J connectivity index is 2.11. The maximum absolute atomic E-state index is 12.0. The number of hydrogen-bond donors (Lipinski definition) is 1. The smallest absolute Gasteiger partial charge is 0.272 e. The summed E-state index contributed by atoms with van der Waals surface area (Å²) in [7, 11) is 0. The van der Waals surface area contributed by atoms with Crippen molar-refractivity contribution < 1.29 is 4.79 Å². The van der Waals surface area contributed by atoms with Crippen LogP contribution in [-0.4, -0.2) is 28.9 Å². The van der Waals surface area contributed by atoms with E-state index in [0.717, 1.165) is 13.0 Å². The SMILES string of the molecule is CC1=CCN(C(=O)c2ccc(N)cn2)CC1. The van der Waals surface area contributed by atoms with Crippen molar-refractivity contribution in [1.82, 2.24) is 9.88 Å². The third-order valence-corrected chi connectivity index (χ3v) is 2.73. The average Bonchev–Trinajstić information content (AvgIpc) is 2.30. The molecular weight excluding hydrogens is 202 g/mol. The molecule has 0 saturated carbocycles. The lowest BCUT2D eigenvalue weighted by Crippen LogP contribution is -2.35. The summed E-state index contributed by atoms with van der Waals surface area (Å²) in [5.41, 5.74) is 7.90. The van der Waals surface area contributed by atoms with Crippen LogP contribution in [0.1, 0.15) is 23.8 Å². The first-order valence-electron chi connectivity index (χ1n) is 5.33. The van der Waals surface area contributed by atoms with E-state index < -0.39 is 0 Å². The van der Waals surface area contributed by atoms with Crippen LogP contribution in [0.15, 0.2) is 30.0 Å². The van der Waals surface area contributed by atoms with Gasteiger partial charge in [0, 0.05) is 13.1 Å². The summed E-state index contributed by atoms with van der Waals surface area (Å²) in [5, 5.41) is 0. The van der Waals surface area contributed by atoms with Crippen LogP contribution >= 0.6 is 0 Å². The zero-order valence-corrected chi connectivity index (χ0v) is 9.31. The van der Waals surface area contributed by atoms with Crippen molar-refractivity contribution in [3.8, 4) is 0 Å². The highest BCUT2D eigenvalue weighted by molar-refractivity contribution is 5.92. The van der Waals surface area contributed by atoms with Crippen molar-refractivity contribution in [2.24, 2.45) is 0 Å². The lowest BCUT2D eigenvalue weighted by atomic mass is 10.1. The minimum Gasteiger partial charge on any atom is -0.397 e. The van der Waals surface area contributed by atoms with Crippen molar-refractivity contribution in [2.45, 2.75) is 13.3 Å². The molecule has 84 valence electrons. The lowest BCUT2D eigenvalue weighted by Gasteiger charge is -2.25. The van der Waals surface area contributed by atoms with Crippen molar-refractivity contribution in [2.75, 3.05) is 18.8 Å². The van der Waals surface area contributed by atoms with Crippen LogP contribution in [0.2, 0.25) is 0 Å². The molecule has 1 amide bonds. The third-order valence-electron chi connectivity index (χ3n) is 2.73. The molecule has 0 aromatic carbocycles. The number of nitrogens with two attached hydrogens (primary N) is 1. The second-order valence-electron chi connectivity index (χ2n) is 4.03. The molecule has 0 bridgehead atoms. The summed E-state index contributed by atoms with van der Waals surface area (Å²) >= 11 is 0. The number of pyridine rings is 1. The third kappa shape index (κ3) is 2.21. The van der Waals surface area contributed by atoms with Crippen LogP contribution in [0.3, 0.4) is 0 Å². The molecule has 2 N–H and O–H groups in total. The maximum atomic E-state index is 12.0. The fraction of sp³-hybridized carbons (Fsp3) is 0.333. The number of nitrogens with zero attached hydrogens (tertiary/aromatic N) is 2. The molecule has 0 spiro atoms. The molecule has 0 radical (unpaired) electrons. The van der Waals surface area contributed by atoms with E-state index in [-0.39, 0.29) is 5.91 Å². The van der Waals surface area contributed by atoms with Gasteiger partial charge in [0.15, 0.2) is 0 Å². The Morgan fingerprint density at radius 2 is 2.31 bits per heavy atom. The van der Waals surface area contributed by atoms with Crippen LogP contribution in [0.4, 0.5) is 5.69 Å². The minimum atomic E-state index is -0.0243. The first kappa shape index (κ1) is 10.7. The Hall–Kier alpha value is -1.84. The van der Waals surface area contributed by atoms with Gasteiger partial charge in [0.2, 0.25) is 0 Å². The minimum absolute atomic E-state index is 0.0243. The monoisotopic (exact) mass is 217 g/mol. The molecule has 1 aliphatic heterocycles. The molecule has 16 heavy (non-hydrogen) atoms. The van der Waals surface area contributed by atoms with Crippen LogP contribution < -0.4 is 5.73 Å². The Labute approximate surface area is 94.8 Å². The first-order chi connectivity index (χ1) is 7.66. The van der Waals surface area contributed by atoms with Gasteiger partial charge < -0.3 is 10.6 Å². The zero-order chi connectivity index (χ0) is 11.5. The molecule has 1 aromatic heterocycles. The summed E-state index contributed by atoms with van der Waals surface area (Å²) in [6.45, 7) is 3.53. The number of carbonyl (C=O) groups is 1. The van der Waals surface area contributed by atoms with Crippen molar-refractivity contribution in [3.05, 3.63) is 35.7 Å². The van der Waals surface area contributed by atoms with E-state index in [1.165, 1.54) is 11.8 Å². The van der Waals surface area contributed by atoms with E-state index in [1.54, 1.807) is 17.0 Å². The molecule has 1 aliphatic rings. The molecule has 0 fully saturated rings. The van der Waals surface area contributed by atoms with Crippen LogP contribution in [0.5, 0.6) is 0 Å². The van der Waals surface area contributed by atoms with E-state index in [4.69, 9.17) is 5.73 Å². The fourth-order valence-electron chi connectivity index (χ4n) is 1.65. The highest BCUT2D eigenvalue weighted by Gasteiger charge is 2.18. The Bertz CT molecular complexity index is 422. The molecular formula is C12H15N3O. The quantitative estimate of drug-likeness (QED) is 0.724. The predicted molar refractivity (Wildman–Crippen MR) is 62.9 cm³/mol. The summed E-state index contributed by atoms with van der Waals surface area (Å²) < 4.78 is 0. The molecule has 0 saturated heterocycles. The molecule has 0 aliphatic carbocycles. The highest BCUT2D eigenvalue weighted by Crippen LogP contribution is 2.12. The van der Waals surface area contributed by atoms with Crippen LogP contribution in [0.25, 0.3) is 0 Å². The van der Waals surface area contributed by atoms with Gasteiger partial charge in [0.25, 0.3) is 5.91 Å². The van der Waals surface area contributed by atoms with Gasteiger partial charge in [-0.2, -0.15) is 0 Å². The van der Waals surface area contributed by atoms with Gasteiger partial charge in [-0.1, -0.05) is 11.6 Å². The first-order valence-corrected chi connectivity index (χ1v) is 5.33. The summed E-state index contributed by atoms with van der Waals surface area (Å²) in [6.07, 6.45) is 4.54. The fourth-order valence-corrected chi connectivity index (χ4v) is 1.65. The van der Waals surface area contributed by atoms with E-state index in [1.807, 2.05) is 0 Å². The largest absolute Gasteiger partial charge is 0.397 e. The predicted octanol–water partition coefficient (Wildman–Crippen LogP) is 1.46. The molecule has 0 atom stereocenters. The molecule has 0 unspecified atom stereocenters. The molecule has 4 heteroatoms. The number of carbonyl (C=O) groups excluding carboxylic acids is 1. The van der Waals surface area contributed by atoms with Crippen molar-refractivity contribution in [1.29, 1.82) is 0 Å². The topological polar surface area (TPSA) is 59.2 Å². The highest BCUT2D eigenvalue weighted by atomic mass is 16.2. The second kappa shape index (κ2) is 4.35. The Kier molecular flexibility index (Phi) is 2.90. The molecule has 4 nitrogen and oxygen atoms in total. The normalized spacial score (nSPS) is 15.8. The second-order valence-corrected chi connectivity index (χ2v) is 4.03. The maximum Gasteiger partial charge on any atom is 0.272 e. The van der Waals surface area contributed by atoms with Crippen LogP contribution in [-0.2, 0) is 0 Å². The van der Waals surface area contributed by atoms with Gasteiger partial charge in [-0.3, -0.25) is 4.79 Å². The number of nitrogen functional groups attached to an aromatic ring is 1. The standard InChI is InChI=1S/C12H15N3O/c1-9-4-6-15(7-5-9)12(16)11-3-2-10(13)8-14-11/h2-4,8H,5-7,13H2,1H3. The molecule has 2 heterocycles. The Morgan fingerprint density at radius 3 is 2.88 bits per heavy atom. The van der Waals surface area contributed by atoms with E-state index in [0.29, 0.717) is 17.9 Å². The van der Waals surface area contributed by atoms with Crippen molar-refractivity contribution in [3.63, 3.8) is 0 Å². The zero-order valence-electron chi connectivity index (χ0n) is 9.31. The van der Waals surface area contributed by atoms with E-state index >= 15 is 0 Å². The van der Waals surface area contributed by atoms with Gasteiger partial charge in [0.1, 0.15) is 5.69 Å². The van der Waals surface area contributed by atoms with Crippen molar-refractivity contribution >= 4 is 11.6 Å². The summed E-state index contributed by atoms with van der Waals surface area (Å²) in [4.78, 5) is 17.8. The number of anilines is 1. The average molecular weight is 217 g/mol. The summed E-state index contributed by atoms with van der Waals surface area (Å²) in [6, 6.07) is 3.37. The van der Waals surface area contributed by atoms with Gasteiger partial charge in [-0.15, -0.1) is 0 Å². The van der Waals surface area contributed by atoms with E-state index in [2.05, 4.69) is 18.0 Å². The number of amides is 1. The van der Waals surface area contributed by atoms with Crippen LogP contribution in [0, 0.1) is 0 Å². The van der Waals surface area contributed by atoms with Gasteiger partial charge in [0.05, 0.1) is 11.9 Å². The number of aromatic nitrogens is 1. The summed E-state index contributed by atoms with van der Waals surface area (Å²) in [5.74, 6) is -0.0243. The number of hydrogen-bond acceptors (Lipinski definition) is 3. The van der Waals surface area contributed by atoms with Gasteiger partial charge in [-0.05, 0) is 25.5 Å². The Morgan fingerprint density at radius 1 is 1.50 bits per heavy atom. The molecule has 2 rings (SSSR count). The van der Waals surface area contributed by atoms with E-state index in [9.17, 15) is 4.79 Å². The molecule has 1 aromatic rings. The van der Waals surface area contributed by atoms with Gasteiger partial charge >= 0.3 is 0 Å². The van der Waals surface area contributed by atoms with Gasteiger partial charge in [-0.25, -0.2) is 4.98 Å². The number of rotatable bonds is 1.